The van der Waals surface area contributed by atoms with E-state index < -0.39 is 0 Å². The summed E-state index contributed by atoms with van der Waals surface area (Å²) < 4.78 is 5.43. The first-order chi connectivity index (χ1) is 11.7. The van der Waals surface area contributed by atoms with Crippen LogP contribution in [0.1, 0.15) is 19.3 Å². The minimum Gasteiger partial charge on any atom is -0.378 e. The third kappa shape index (κ3) is 3.01. The largest absolute Gasteiger partial charge is 0.378 e. The zero-order valence-electron chi connectivity index (χ0n) is 13.8. The first kappa shape index (κ1) is 16.2. The predicted octanol–water partition coefficient (Wildman–Crippen LogP) is 2.50. The number of amides is 1. The number of anilines is 2. The zero-order valence-corrected chi connectivity index (χ0v) is 14.6. The van der Waals surface area contributed by atoms with E-state index in [0.29, 0.717) is 18.2 Å². The van der Waals surface area contributed by atoms with Gasteiger partial charge in [-0.1, -0.05) is 17.7 Å². The molecule has 1 unspecified atom stereocenters. The Hall–Kier alpha value is -1.30. The van der Waals surface area contributed by atoms with Gasteiger partial charge in [-0.2, -0.15) is 0 Å². The minimum atomic E-state index is 0.147. The minimum absolute atomic E-state index is 0.147. The lowest BCUT2D eigenvalue weighted by atomic mass is 9.92. The Balaban J connectivity index is 1.50. The van der Waals surface area contributed by atoms with Crippen LogP contribution in [-0.2, 0) is 9.53 Å². The van der Waals surface area contributed by atoms with Crippen molar-refractivity contribution in [1.29, 1.82) is 0 Å². The van der Waals surface area contributed by atoms with E-state index in [-0.39, 0.29) is 17.2 Å². The van der Waals surface area contributed by atoms with Crippen LogP contribution >= 0.6 is 11.6 Å². The highest BCUT2D eigenvalue weighted by atomic mass is 35.5. The highest BCUT2D eigenvalue weighted by molar-refractivity contribution is 6.34. The molecule has 1 aliphatic carbocycles. The van der Waals surface area contributed by atoms with Gasteiger partial charge >= 0.3 is 0 Å². The molecule has 3 aliphatic rings. The first-order valence-electron chi connectivity index (χ1n) is 8.82. The molecule has 2 heterocycles. The van der Waals surface area contributed by atoms with Crippen molar-refractivity contribution in [3.8, 4) is 0 Å². The number of benzene rings is 1. The highest BCUT2D eigenvalue weighted by Gasteiger charge is 2.57. The number of rotatable bonds is 3. The number of para-hydroxylation sites is 1. The van der Waals surface area contributed by atoms with Crippen LogP contribution in [0.4, 0.5) is 11.4 Å². The summed E-state index contributed by atoms with van der Waals surface area (Å²) in [5, 5.41) is 7.22. The molecule has 24 heavy (non-hydrogen) atoms. The van der Waals surface area contributed by atoms with E-state index in [1.54, 1.807) is 0 Å². The second kappa shape index (κ2) is 6.54. The van der Waals surface area contributed by atoms with E-state index in [2.05, 4.69) is 15.5 Å². The van der Waals surface area contributed by atoms with Gasteiger partial charge in [-0.15, -0.1) is 0 Å². The number of nitrogens with one attached hydrogen (secondary N) is 2. The second-order valence-electron chi connectivity index (χ2n) is 7.09. The molecule has 2 saturated heterocycles. The first-order valence-corrected chi connectivity index (χ1v) is 9.20. The van der Waals surface area contributed by atoms with Crippen LogP contribution in [0.25, 0.3) is 0 Å². The van der Waals surface area contributed by atoms with Crippen LogP contribution in [0.5, 0.6) is 0 Å². The Labute approximate surface area is 147 Å². The maximum Gasteiger partial charge on any atom is 0.228 e. The molecule has 1 spiro atoms. The summed E-state index contributed by atoms with van der Waals surface area (Å²) in [7, 11) is 0. The Morgan fingerprint density at radius 3 is 2.79 bits per heavy atom. The molecule has 0 radical (unpaired) electrons. The Morgan fingerprint density at radius 1 is 1.29 bits per heavy atom. The summed E-state index contributed by atoms with van der Waals surface area (Å²) in [5.41, 5.74) is 1.99. The quantitative estimate of drug-likeness (QED) is 0.880. The van der Waals surface area contributed by atoms with Gasteiger partial charge in [0.15, 0.2) is 0 Å². The smallest absolute Gasteiger partial charge is 0.228 e. The van der Waals surface area contributed by atoms with E-state index in [4.69, 9.17) is 16.3 Å². The van der Waals surface area contributed by atoms with Crippen LogP contribution in [0.2, 0.25) is 5.02 Å². The molecule has 1 saturated carbocycles. The fraction of sp³-hybridized carbons (Fsp3) is 0.611. The topological polar surface area (TPSA) is 53.6 Å². The molecular weight excluding hydrogens is 326 g/mol. The van der Waals surface area contributed by atoms with Gasteiger partial charge in [0.25, 0.3) is 0 Å². The molecule has 2 aliphatic heterocycles. The lowest BCUT2D eigenvalue weighted by Crippen LogP contribution is -2.37. The van der Waals surface area contributed by atoms with Crippen molar-refractivity contribution in [2.45, 2.75) is 19.3 Å². The monoisotopic (exact) mass is 349 g/mol. The second-order valence-corrected chi connectivity index (χ2v) is 7.50. The number of nitrogens with zero attached hydrogens (tertiary/aromatic N) is 1. The summed E-state index contributed by atoms with van der Waals surface area (Å²) in [4.78, 5) is 15.0. The molecule has 130 valence electrons. The van der Waals surface area contributed by atoms with E-state index in [1.807, 2.05) is 18.2 Å². The molecule has 1 aromatic carbocycles. The van der Waals surface area contributed by atoms with Gasteiger partial charge in [0.2, 0.25) is 5.91 Å². The number of hydrogen-bond donors (Lipinski definition) is 2. The molecule has 0 aromatic heterocycles. The van der Waals surface area contributed by atoms with E-state index in [0.717, 1.165) is 56.8 Å². The van der Waals surface area contributed by atoms with Gasteiger partial charge in [0.05, 0.1) is 29.6 Å². The molecule has 3 fully saturated rings. The molecule has 5 nitrogen and oxygen atoms in total. The fourth-order valence-corrected chi connectivity index (χ4v) is 4.43. The van der Waals surface area contributed by atoms with Crippen LogP contribution in [0.3, 0.4) is 0 Å². The maximum atomic E-state index is 12.8. The Bertz CT molecular complexity index is 625. The SMILES string of the molecule is O=C(Nc1cccc(Cl)c1N1CCOCC1)C1CC12CCNCC2. The van der Waals surface area contributed by atoms with Crippen molar-refractivity contribution in [2.75, 3.05) is 49.6 Å². The van der Waals surface area contributed by atoms with Crippen LogP contribution < -0.4 is 15.5 Å². The molecule has 0 bridgehead atoms. The number of halogens is 1. The van der Waals surface area contributed by atoms with Gasteiger partial charge in [-0.05, 0) is 49.9 Å². The van der Waals surface area contributed by atoms with Crippen molar-refractivity contribution >= 4 is 28.9 Å². The van der Waals surface area contributed by atoms with E-state index in [1.165, 1.54) is 0 Å². The zero-order chi connectivity index (χ0) is 16.6. The summed E-state index contributed by atoms with van der Waals surface area (Å²) in [6.45, 7) is 5.03. The third-order valence-corrected chi connectivity index (χ3v) is 5.98. The molecular formula is C18H24ClN3O2. The molecule has 4 rings (SSSR count). The van der Waals surface area contributed by atoms with Crippen LogP contribution in [0, 0.1) is 11.3 Å². The standard InChI is InChI=1S/C18H24ClN3O2/c19-14-2-1-3-15(16(14)22-8-10-24-11-9-22)21-17(23)13-12-18(13)4-6-20-7-5-18/h1-3,13,20H,4-12H2,(H,21,23). The number of ether oxygens (including phenoxy) is 1. The van der Waals surface area contributed by atoms with Gasteiger partial charge in [0, 0.05) is 19.0 Å². The molecule has 6 heteroatoms. The summed E-state index contributed by atoms with van der Waals surface area (Å²) in [6, 6.07) is 5.73. The fourth-order valence-electron chi connectivity index (χ4n) is 4.14. The third-order valence-electron chi connectivity index (χ3n) is 5.68. The molecule has 2 N–H and O–H groups in total. The number of morpholine rings is 1. The average Bonchev–Trinajstić information content (AvgIpc) is 3.29. The maximum absolute atomic E-state index is 12.8. The van der Waals surface area contributed by atoms with Gasteiger partial charge in [0.1, 0.15) is 0 Å². The Kier molecular flexibility index (Phi) is 4.41. The predicted molar refractivity (Wildman–Crippen MR) is 95.8 cm³/mol. The van der Waals surface area contributed by atoms with Gasteiger partial charge in [-0.3, -0.25) is 4.79 Å². The normalized spacial score (nSPS) is 25.5. The summed E-state index contributed by atoms with van der Waals surface area (Å²) in [5.74, 6) is 0.296. The molecule has 1 atom stereocenters. The van der Waals surface area contributed by atoms with Crippen molar-refractivity contribution < 1.29 is 9.53 Å². The van der Waals surface area contributed by atoms with Crippen molar-refractivity contribution in [1.82, 2.24) is 5.32 Å². The number of carbonyl (C=O) groups is 1. The van der Waals surface area contributed by atoms with Gasteiger partial charge < -0.3 is 20.3 Å². The Morgan fingerprint density at radius 2 is 2.04 bits per heavy atom. The van der Waals surface area contributed by atoms with Gasteiger partial charge in [-0.25, -0.2) is 0 Å². The number of piperidine rings is 1. The lowest BCUT2D eigenvalue weighted by molar-refractivity contribution is -0.118. The van der Waals surface area contributed by atoms with Crippen molar-refractivity contribution in [3.63, 3.8) is 0 Å². The van der Waals surface area contributed by atoms with E-state index >= 15 is 0 Å². The summed E-state index contributed by atoms with van der Waals surface area (Å²) in [6.07, 6.45) is 3.24. The summed E-state index contributed by atoms with van der Waals surface area (Å²) >= 11 is 6.44. The van der Waals surface area contributed by atoms with Crippen LogP contribution in [-0.4, -0.2) is 45.3 Å². The van der Waals surface area contributed by atoms with Crippen molar-refractivity contribution in [3.05, 3.63) is 23.2 Å². The number of carbonyl (C=O) groups excluding carboxylic acids is 1. The van der Waals surface area contributed by atoms with E-state index in [9.17, 15) is 4.79 Å². The molecule has 1 amide bonds. The average molecular weight is 350 g/mol. The number of hydrogen-bond acceptors (Lipinski definition) is 4. The molecule has 1 aromatic rings. The van der Waals surface area contributed by atoms with Crippen LogP contribution in [0.15, 0.2) is 18.2 Å². The van der Waals surface area contributed by atoms with Crippen molar-refractivity contribution in [2.24, 2.45) is 11.3 Å². The highest BCUT2D eigenvalue weighted by Crippen LogP contribution is 2.59. The lowest BCUT2D eigenvalue weighted by Gasteiger charge is -2.31.